The largest absolute Gasteiger partial charge is 0.499 e. The monoisotopic (exact) mass is 866 g/mol. The third kappa shape index (κ3) is 11.2. The molecule has 19 nitrogen and oxygen atoms in total. The fourth-order valence-electron chi connectivity index (χ4n) is 6.46. The minimum Gasteiger partial charge on any atom is -0.499 e. The molecule has 5 aliphatic rings. The van der Waals surface area contributed by atoms with E-state index in [9.17, 15) is 43.8 Å². The highest BCUT2D eigenvalue weighted by atomic mass is 16.8. The second kappa shape index (κ2) is 19.1. The number of cyclic esters (lactones) is 2. The molecule has 4 heterocycles. The predicted molar refractivity (Wildman–Crippen MR) is 207 cm³/mol. The molecule has 5 rings (SSSR count). The van der Waals surface area contributed by atoms with Gasteiger partial charge in [-0.2, -0.15) is 0 Å². The molecule has 0 radical (unpaired) electrons. The van der Waals surface area contributed by atoms with Gasteiger partial charge in [-0.15, -0.1) is 0 Å². The number of aliphatic hydroxyl groups is 2. The van der Waals surface area contributed by atoms with Gasteiger partial charge in [0.2, 0.25) is 0 Å². The zero-order valence-corrected chi connectivity index (χ0v) is 34.4. The lowest BCUT2D eigenvalue weighted by Crippen LogP contribution is -2.56. The summed E-state index contributed by atoms with van der Waals surface area (Å²) in [6.45, 7) is 10.7. The lowest BCUT2D eigenvalue weighted by molar-refractivity contribution is -0.291. The summed E-state index contributed by atoms with van der Waals surface area (Å²) < 4.78 is 53.5. The van der Waals surface area contributed by atoms with Gasteiger partial charge in [0.25, 0.3) is 35.0 Å². The number of carbonyl (C=O) groups excluding carboxylic acids is 7. The van der Waals surface area contributed by atoms with Crippen LogP contribution in [0.3, 0.4) is 0 Å². The first-order valence-corrected chi connectivity index (χ1v) is 19.5. The fourth-order valence-corrected chi connectivity index (χ4v) is 6.46. The van der Waals surface area contributed by atoms with Gasteiger partial charge in [-0.3, -0.25) is 4.79 Å². The molecule has 2 spiro atoms. The summed E-state index contributed by atoms with van der Waals surface area (Å²) in [4.78, 5) is 88.4. The Hall–Kier alpha value is -7.05. The highest BCUT2D eigenvalue weighted by Gasteiger charge is 2.57. The Kier molecular flexibility index (Phi) is 14.2. The molecule has 2 saturated heterocycles. The van der Waals surface area contributed by atoms with Crippen LogP contribution in [0.4, 0.5) is 0 Å². The first-order chi connectivity index (χ1) is 29.3. The van der Waals surface area contributed by atoms with Crippen LogP contribution in [0.2, 0.25) is 0 Å². The first kappa shape index (κ1) is 46.0. The van der Waals surface area contributed by atoms with Crippen molar-refractivity contribution in [3.05, 3.63) is 107 Å². The quantitative estimate of drug-likeness (QED) is 0.0547. The van der Waals surface area contributed by atoms with Crippen molar-refractivity contribution < 1.29 is 91.1 Å². The van der Waals surface area contributed by atoms with Gasteiger partial charge >= 0.3 is 41.8 Å². The predicted octanol–water partition coefficient (Wildman–Crippen LogP) is 5.02. The molecule has 1 saturated carbocycles. The molecule has 62 heavy (non-hydrogen) atoms. The molecule has 2 N–H and O–H groups in total. The van der Waals surface area contributed by atoms with E-state index in [1.165, 1.54) is 62.5 Å². The molecule has 0 aromatic carbocycles. The maximum atomic E-state index is 12.9. The molecular weight excluding hydrogens is 820 g/mol. The lowest BCUT2D eigenvalue weighted by atomic mass is 9.87. The molecule has 1 aliphatic carbocycles. The second-order valence-electron chi connectivity index (χ2n) is 14.5. The van der Waals surface area contributed by atoms with E-state index < -0.39 is 88.0 Å². The van der Waals surface area contributed by atoms with Crippen molar-refractivity contribution in [1.29, 1.82) is 0 Å². The van der Waals surface area contributed by atoms with Gasteiger partial charge in [0.15, 0.2) is 0 Å². The van der Waals surface area contributed by atoms with E-state index in [-0.39, 0.29) is 62.7 Å². The van der Waals surface area contributed by atoms with Gasteiger partial charge in [0.05, 0.1) is 25.4 Å². The van der Waals surface area contributed by atoms with Crippen LogP contribution in [0.15, 0.2) is 107 Å². The van der Waals surface area contributed by atoms with Crippen LogP contribution in [-0.4, -0.2) is 88.4 Å². The van der Waals surface area contributed by atoms with E-state index in [2.05, 4.69) is 6.58 Å². The van der Waals surface area contributed by atoms with Crippen LogP contribution in [0.5, 0.6) is 0 Å². The van der Waals surface area contributed by atoms with Crippen LogP contribution in [-0.2, 0) is 80.9 Å². The zero-order valence-electron chi connectivity index (χ0n) is 34.4. The van der Waals surface area contributed by atoms with Gasteiger partial charge < -0.3 is 57.6 Å². The van der Waals surface area contributed by atoms with E-state index in [1.807, 2.05) is 0 Å². The van der Waals surface area contributed by atoms with Crippen molar-refractivity contribution in [2.24, 2.45) is 0 Å². The summed E-state index contributed by atoms with van der Waals surface area (Å²) in [5.41, 5.74) is -1.48. The van der Waals surface area contributed by atoms with Crippen LogP contribution in [0.25, 0.3) is 0 Å². The molecule has 2 unspecified atom stereocenters. The molecular formula is C43H46O19. The maximum Gasteiger partial charge on any atom is 0.348 e. The third-order valence-corrected chi connectivity index (χ3v) is 9.70. The Bertz CT molecular complexity index is 1940. The molecule has 0 amide bonds. The summed E-state index contributed by atoms with van der Waals surface area (Å²) in [6, 6.07) is 0. The molecule has 0 aromatic rings. The van der Waals surface area contributed by atoms with Gasteiger partial charge in [0.1, 0.15) is 22.3 Å². The van der Waals surface area contributed by atoms with Gasteiger partial charge in [0, 0.05) is 58.8 Å². The first-order valence-electron chi connectivity index (χ1n) is 19.5. The number of allylic oxidation sites excluding steroid dienone is 9. The number of rotatable bonds is 15. The Labute approximate surface area is 355 Å². The molecule has 0 aromatic heterocycles. The minimum absolute atomic E-state index is 0.0681. The summed E-state index contributed by atoms with van der Waals surface area (Å²) in [5.74, 6) is -13.6. The zero-order chi connectivity index (χ0) is 45.3. The van der Waals surface area contributed by atoms with E-state index in [4.69, 9.17) is 47.4 Å². The van der Waals surface area contributed by atoms with Crippen molar-refractivity contribution >= 4 is 41.8 Å². The number of hydrogen-bond acceptors (Lipinski definition) is 19. The molecule has 4 aliphatic heterocycles. The highest BCUT2D eigenvalue weighted by molar-refractivity contribution is 6.16. The van der Waals surface area contributed by atoms with Crippen molar-refractivity contribution in [3.63, 3.8) is 0 Å². The smallest absolute Gasteiger partial charge is 0.348 e. The van der Waals surface area contributed by atoms with Crippen LogP contribution >= 0.6 is 0 Å². The maximum absolute atomic E-state index is 12.9. The SMILES string of the molecule is C=C(CCC1(C)OC(=O)C(C=CC=CC=C2C(=O)OC3(CCC4(CC3)OC(=O)C(=C/C=C/C=C/C3=C(O)OC(C)(CCC(=O)OCC)OC3=O)C(=O)O4)OC2=O)=C(O)O1)OCC. The second-order valence-corrected chi connectivity index (χ2v) is 14.5. The number of ether oxygens (including phenoxy) is 10. The molecule has 3 fully saturated rings. The van der Waals surface area contributed by atoms with Gasteiger partial charge in [-0.25, -0.2) is 28.8 Å². The van der Waals surface area contributed by atoms with Gasteiger partial charge in [-0.05, 0) is 38.2 Å². The minimum atomic E-state index is -1.71. The van der Waals surface area contributed by atoms with Crippen molar-refractivity contribution in [3.8, 4) is 0 Å². The standard InChI is InChI=1S/C43H46O19/c1-6-53-26(3)18-20-40(4)55-32(45)27(33(46)56-40)14-10-8-12-16-29-36(49)59-42(60-37(29)50)22-24-43(25-23-42)61-38(51)30(39(52)62-43)17-13-9-11-15-28-34(47)57-41(5,58-35(28)48)21-19-31(44)54-7-2/h8-17,45,47H,3,6-7,18-25H2,1-2,4-5H3/b12-8?,13-9+,14-10?,15-11+,29-16?,30-17?. The molecule has 0 bridgehead atoms. The number of hydrogen-bond donors (Lipinski definition) is 2. The Morgan fingerprint density at radius 1 is 0.565 bits per heavy atom. The van der Waals surface area contributed by atoms with Crippen molar-refractivity contribution in [1.82, 2.24) is 0 Å². The van der Waals surface area contributed by atoms with E-state index in [1.54, 1.807) is 13.8 Å². The number of aliphatic hydroxyl groups excluding tert-OH is 2. The van der Waals surface area contributed by atoms with E-state index >= 15 is 0 Å². The molecule has 332 valence electrons. The Morgan fingerprint density at radius 3 is 1.32 bits per heavy atom. The normalized spacial score (nSPS) is 27.8. The summed E-state index contributed by atoms with van der Waals surface area (Å²) in [7, 11) is 0. The average molecular weight is 867 g/mol. The Morgan fingerprint density at radius 2 is 0.952 bits per heavy atom. The average Bonchev–Trinajstić information content (AvgIpc) is 3.18. The fraction of sp³-hybridized carbons (Fsp3) is 0.419. The topological polar surface area (TPSA) is 252 Å². The molecule has 2 atom stereocenters. The van der Waals surface area contributed by atoms with Crippen molar-refractivity contribution in [2.75, 3.05) is 13.2 Å². The van der Waals surface area contributed by atoms with Gasteiger partial charge in [-0.1, -0.05) is 43.0 Å². The summed E-state index contributed by atoms with van der Waals surface area (Å²) >= 11 is 0. The highest BCUT2D eigenvalue weighted by Crippen LogP contribution is 2.45. The van der Waals surface area contributed by atoms with E-state index in [0.717, 1.165) is 12.2 Å². The third-order valence-electron chi connectivity index (χ3n) is 9.70. The number of carbonyl (C=O) groups is 7. The van der Waals surface area contributed by atoms with Crippen LogP contribution < -0.4 is 0 Å². The lowest BCUT2D eigenvalue weighted by Gasteiger charge is -2.45. The summed E-state index contributed by atoms with van der Waals surface area (Å²) in [6.07, 6.45) is 12.2. The van der Waals surface area contributed by atoms with Crippen LogP contribution in [0.1, 0.15) is 79.1 Å². The van der Waals surface area contributed by atoms with E-state index in [0.29, 0.717) is 18.8 Å². The number of esters is 7. The molecule has 19 heteroatoms. The van der Waals surface area contributed by atoms with Crippen molar-refractivity contribution in [2.45, 2.75) is 102 Å². The van der Waals surface area contributed by atoms with Crippen LogP contribution in [0, 0.1) is 0 Å². The Balaban J connectivity index is 1.11. The summed E-state index contributed by atoms with van der Waals surface area (Å²) in [5, 5.41) is 20.7.